The lowest BCUT2D eigenvalue weighted by atomic mass is 9.89. The molecule has 0 bridgehead atoms. The maximum absolute atomic E-state index is 9.98. The van der Waals surface area contributed by atoms with E-state index in [-0.39, 0.29) is 18.6 Å². The van der Waals surface area contributed by atoms with Gasteiger partial charge in [0.25, 0.3) is 0 Å². The van der Waals surface area contributed by atoms with E-state index in [0.29, 0.717) is 19.4 Å². The number of methoxy groups -OCH3 is 2. The Morgan fingerprint density at radius 1 is 1.35 bits per heavy atom. The minimum atomic E-state index is -0.472. The second kappa shape index (κ2) is 8.00. The van der Waals surface area contributed by atoms with Gasteiger partial charge in [-0.25, -0.2) is 0 Å². The summed E-state index contributed by atoms with van der Waals surface area (Å²) in [5.41, 5.74) is 0. The Morgan fingerprint density at radius 2 is 2.06 bits per heavy atom. The van der Waals surface area contributed by atoms with Crippen LogP contribution in [-0.2, 0) is 14.2 Å². The average Bonchev–Trinajstić information content (AvgIpc) is 2.36. The van der Waals surface area contributed by atoms with Crippen LogP contribution in [0.15, 0.2) is 0 Å². The van der Waals surface area contributed by atoms with E-state index in [1.165, 1.54) is 0 Å². The van der Waals surface area contributed by atoms with Gasteiger partial charge >= 0.3 is 0 Å². The van der Waals surface area contributed by atoms with Crippen molar-refractivity contribution in [2.45, 2.75) is 44.2 Å². The topological polar surface area (TPSA) is 68.2 Å². The molecule has 1 rings (SSSR count). The van der Waals surface area contributed by atoms with Crippen molar-refractivity contribution in [1.82, 2.24) is 0 Å². The quantitative estimate of drug-likeness (QED) is 0.643. The third kappa shape index (κ3) is 4.19. The highest BCUT2D eigenvalue weighted by molar-refractivity contribution is 4.82. The zero-order chi connectivity index (χ0) is 12.7. The van der Waals surface area contributed by atoms with Crippen LogP contribution in [0.3, 0.4) is 0 Å². The van der Waals surface area contributed by atoms with Crippen LogP contribution < -0.4 is 0 Å². The van der Waals surface area contributed by atoms with Gasteiger partial charge in [-0.3, -0.25) is 0 Å². The molecule has 5 heteroatoms. The second-order valence-corrected chi connectivity index (χ2v) is 4.41. The minimum absolute atomic E-state index is 0.0487. The lowest BCUT2D eigenvalue weighted by molar-refractivity contribution is -0.198. The van der Waals surface area contributed by atoms with Crippen LogP contribution in [-0.4, -0.2) is 56.1 Å². The standard InChI is InChI=1S/C12H24O5/c1-15-12(16-2)9(5-3-7-13)11-10(14)6-4-8-17-11/h9-14H,3-8H2,1-2H3. The monoisotopic (exact) mass is 248 g/mol. The summed E-state index contributed by atoms with van der Waals surface area (Å²) in [5, 5.41) is 18.9. The van der Waals surface area contributed by atoms with Gasteiger partial charge in [-0.15, -0.1) is 0 Å². The van der Waals surface area contributed by atoms with Gasteiger partial charge in [0.2, 0.25) is 0 Å². The largest absolute Gasteiger partial charge is 0.396 e. The van der Waals surface area contributed by atoms with Crippen molar-refractivity contribution in [2.75, 3.05) is 27.4 Å². The van der Waals surface area contributed by atoms with E-state index in [2.05, 4.69) is 0 Å². The molecule has 2 N–H and O–H groups in total. The minimum Gasteiger partial charge on any atom is -0.396 e. The molecule has 102 valence electrons. The molecule has 0 aromatic carbocycles. The van der Waals surface area contributed by atoms with E-state index in [1.54, 1.807) is 14.2 Å². The van der Waals surface area contributed by atoms with E-state index < -0.39 is 12.4 Å². The molecule has 0 aromatic rings. The van der Waals surface area contributed by atoms with Gasteiger partial charge in [0.05, 0.1) is 12.2 Å². The molecule has 3 atom stereocenters. The van der Waals surface area contributed by atoms with Gasteiger partial charge in [0.15, 0.2) is 6.29 Å². The van der Waals surface area contributed by atoms with Crippen LogP contribution in [0.5, 0.6) is 0 Å². The maximum atomic E-state index is 9.98. The molecule has 1 aliphatic rings. The Bertz CT molecular complexity index is 195. The highest BCUT2D eigenvalue weighted by atomic mass is 16.7. The van der Waals surface area contributed by atoms with Crippen LogP contribution in [0.2, 0.25) is 0 Å². The summed E-state index contributed by atoms with van der Waals surface area (Å²) in [4.78, 5) is 0. The number of aliphatic hydroxyl groups is 2. The first-order valence-electron chi connectivity index (χ1n) is 6.20. The van der Waals surface area contributed by atoms with Crippen molar-refractivity contribution in [2.24, 2.45) is 5.92 Å². The zero-order valence-electron chi connectivity index (χ0n) is 10.7. The molecule has 0 radical (unpaired) electrons. The SMILES string of the molecule is COC(OC)C(CCCO)C1OCCCC1O. The highest BCUT2D eigenvalue weighted by Crippen LogP contribution is 2.28. The molecule has 0 saturated carbocycles. The molecule has 1 heterocycles. The first kappa shape index (κ1) is 14.9. The summed E-state index contributed by atoms with van der Waals surface area (Å²) < 4.78 is 16.2. The third-order valence-electron chi connectivity index (χ3n) is 3.27. The molecule has 1 aliphatic heterocycles. The van der Waals surface area contributed by atoms with Gasteiger partial charge in [-0.2, -0.15) is 0 Å². The predicted octanol–water partition coefficient (Wildman–Crippen LogP) is 0.534. The van der Waals surface area contributed by atoms with Gasteiger partial charge in [-0.05, 0) is 25.7 Å². The Hall–Kier alpha value is -0.200. The Labute approximate surface area is 103 Å². The molecule has 1 fully saturated rings. The summed E-state index contributed by atoms with van der Waals surface area (Å²) in [6.45, 7) is 0.789. The van der Waals surface area contributed by atoms with Crippen molar-refractivity contribution in [1.29, 1.82) is 0 Å². The van der Waals surface area contributed by atoms with Crippen molar-refractivity contribution < 1.29 is 24.4 Å². The van der Waals surface area contributed by atoms with Crippen LogP contribution in [0.1, 0.15) is 25.7 Å². The molecule has 1 saturated heterocycles. The summed E-state index contributed by atoms with van der Waals surface area (Å²) >= 11 is 0. The molecule has 0 spiro atoms. The highest BCUT2D eigenvalue weighted by Gasteiger charge is 2.36. The molecule has 5 nitrogen and oxygen atoms in total. The predicted molar refractivity (Wildman–Crippen MR) is 62.6 cm³/mol. The fraction of sp³-hybridized carbons (Fsp3) is 1.00. The fourth-order valence-corrected chi connectivity index (χ4v) is 2.42. The Kier molecular flexibility index (Phi) is 6.99. The Morgan fingerprint density at radius 3 is 2.59 bits per heavy atom. The van der Waals surface area contributed by atoms with Crippen LogP contribution >= 0.6 is 0 Å². The molecule has 17 heavy (non-hydrogen) atoms. The third-order valence-corrected chi connectivity index (χ3v) is 3.27. The molecular weight excluding hydrogens is 224 g/mol. The van der Waals surface area contributed by atoms with Crippen molar-refractivity contribution in [3.63, 3.8) is 0 Å². The number of rotatable bonds is 7. The smallest absolute Gasteiger partial charge is 0.162 e. The summed E-state index contributed by atoms with van der Waals surface area (Å²) in [6.07, 6.45) is 1.86. The lowest BCUT2D eigenvalue weighted by Crippen LogP contribution is -2.45. The second-order valence-electron chi connectivity index (χ2n) is 4.41. The molecule has 0 aromatic heterocycles. The van der Waals surface area contributed by atoms with Gasteiger partial charge in [0.1, 0.15) is 0 Å². The van der Waals surface area contributed by atoms with Crippen LogP contribution in [0.4, 0.5) is 0 Å². The van der Waals surface area contributed by atoms with Gasteiger partial charge in [-0.1, -0.05) is 0 Å². The summed E-state index contributed by atoms with van der Waals surface area (Å²) in [5.74, 6) is -0.0487. The average molecular weight is 248 g/mol. The normalized spacial score (nSPS) is 27.4. The zero-order valence-corrected chi connectivity index (χ0v) is 10.7. The van der Waals surface area contributed by atoms with Crippen LogP contribution in [0.25, 0.3) is 0 Å². The van der Waals surface area contributed by atoms with E-state index >= 15 is 0 Å². The fourth-order valence-electron chi connectivity index (χ4n) is 2.42. The van der Waals surface area contributed by atoms with E-state index in [0.717, 1.165) is 12.8 Å². The van der Waals surface area contributed by atoms with Crippen molar-refractivity contribution in [3.8, 4) is 0 Å². The molecule has 3 unspecified atom stereocenters. The summed E-state index contributed by atoms with van der Waals surface area (Å²) in [6, 6.07) is 0. The van der Waals surface area contributed by atoms with Crippen molar-refractivity contribution >= 4 is 0 Å². The Balaban J connectivity index is 2.65. The number of hydrogen-bond donors (Lipinski definition) is 2. The first-order chi connectivity index (χ1) is 8.24. The van der Waals surface area contributed by atoms with E-state index in [1.807, 2.05) is 0 Å². The van der Waals surface area contributed by atoms with Crippen LogP contribution in [0, 0.1) is 5.92 Å². The first-order valence-corrected chi connectivity index (χ1v) is 6.20. The lowest BCUT2D eigenvalue weighted by Gasteiger charge is -2.37. The summed E-state index contributed by atoms with van der Waals surface area (Å²) in [7, 11) is 3.16. The molecule has 0 amide bonds. The van der Waals surface area contributed by atoms with E-state index in [9.17, 15) is 5.11 Å². The molecular formula is C12H24O5. The number of aliphatic hydroxyl groups excluding tert-OH is 2. The molecule has 0 aliphatic carbocycles. The van der Waals surface area contributed by atoms with Gasteiger partial charge in [0, 0.05) is 33.4 Å². The van der Waals surface area contributed by atoms with Crippen molar-refractivity contribution in [3.05, 3.63) is 0 Å². The van der Waals surface area contributed by atoms with E-state index in [4.69, 9.17) is 19.3 Å². The van der Waals surface area contributed by atoms with Gasteiger partial charge < -0.3 is 24.4 Å². The number of ether oxygens (including phenoxy) is 3. The number of hydrogen-bond acceptors (Lipinski definition) is 5. The maximum Gasteiger partial charge on any atom is 0.162 e.